The van der Waals surface area contributed by atoms with E-state index in [2.05, 4.69) is 10.2 Å². The van der Waals surface area contributed by atoms with Crippen molar-refractivity contribution < 1.29 is 19.1 Å². The fourth-order valence-corrected chi connectivity index (χ4v) is 2.98. The minimum atomic E-state index is -0.137. The Morgan fingerprint density at radius 1 is 1.24 bits per heavy atom. The Hall–Kier alpha value is -2.21. The normalized spacial score (nSPS) is 17.8. The number of anilines is 1. The number of esters is 1. The van der Waals surface area contributed by atoms with E-state index >= 15 is 0 Å². The van der Waals surface area contributed by atoms with Crippen LogP contribution in [0.4, 0.5) is 5.69 Å². The Morgan fingerprint density at radius 3 is 2.60 bits per heavy atom. The lowest BCUT2D eigenvalue weighted by atomic mass is 9.98. The summed E-state index contributed by atoms with van der Waals surface area (Å²) in [5.74, 6) is -0.300. The molecule has 1 aromatic carbocycles. The molecule has 0 saturated carbocycles. The van der Waals surface area contributed by atoms with Gasteiger partial charge in [0.2, 0.25) is 5.91 Å². The molecule has 0 spiro atoms. The molecule has 1 heterocycles. The summed E-state index contributed by atoms with van der Waals surface area (Å²) in [7, 11) is 0. The maximum Gasteiger partial charge on any atom is 0.310 e. The summed E-state index contributed by atoms with van der Waals surface area (Å²) in [4.78, 5) is 37.3. The van der Waals surface area contributed by atoms with Gasteiger partial charge in [-0.2, -0.15) is 0 Å². The number of carbonyl (C=O) groups is 3. The zero-order valence-electron chi connectivity index (χ0n) is 14.9. The van der Waals surface area contributed by atoms with Gasteiger partial charge >= 0.3 is 5.97 Å². The van der Waals surface area contributed by atoms with E-state index in [1.54, 1.807) is 24.3 Å². The summed E-state index contributed by atoms with van der Waals surface area (Å²) >= 11 is 0. The Labute approximate surface area is 148 Å². The third-order valence-electron chi connectivity index (χ3n) is 4.36. The quantitative estimate of drug-likeness (QED) is 0.606. The average molecular weight is 346 g/mol. The van der Waals surface area contributed by atoms with Gasteiger partial charge in [-0.1, -0.05) is 0 Å². The molecule has 1 aromatic rings. The van der Waals surface area contributed by atoms with Crippen molar-refractivity contribution in [3.8, 4) is 0 Å². The molecule has 25 heavy (non-hydrogen) atoms. The first-order valence-corrected chi connectivity index (χ1v) is 8.79. The number of amides is 1. The predicted octanol–water partition coefficient (Wildman–Crippen LogP) is 2.49. The smallest absolute Gasteiger partial charge is 0.310 e. The van der Waals surface area contributed by atoms with E-state index in [9.17, 15) is 14.4 Å². The third-order valence-corrected chi connectivity index (χ3v) is 4.36. The number of piperidine rings is 1. The van der Waals surface area contributed by atoms with Crippen LogP contribution in [-0.4, -0.2) is 48.8 Å². The Kier molecular flexibility index (Phi) is 7.13. The lowest BCUT2D eigenvalue weighted by Crippen LogP contribution is -2.40. The van der Waals surface area contributed by atoms with Crippen LogP contribution in [0.15, 0.2) is 24.3 Å². The summed E-state index contributed by atoms with van der Waals surface area (Å²) < 4.78 is 5.09. The number of hydrogen-bond donors (Lipinski definition) is 1. The van der Waals surface area contributed by atoms with E-state index in [0.717, 1.165) is 19.4 Å². The monoisotopic (exact) mass is 346 g/mol. The molecule has 6 nitrogen and oxygen atoms in total. The van der Waals surface area contributed by atoms with Crippen LogP contribution in [0.3, 0.4) is 0 Å². The second-order valence-corrected chi connectivity index (χ2v) is 6.32. The Balaban J connectivity index is 1.77. The number of hydrogen-bond acceptors (Lipinski definition) is 5. The minimum Gasteiger partial charge on any atom is -0.466 e. The van der Waals surface area contributed by atoms with Gasteiger partial charge in [0, 0.05) is 30.8 Å². The SMILES string of the molecule is CCOC(=O)C1CCCN(CCC(=O)Nc2ccc(C(C)=O)cc2)C1. The number of nitrogens with zero attached hydrogens (tertiary/aromatic N) is 1. The maximum absolute atomic E-state index is 12.1. The Bertz CT molecular complexity index is 612. The summed E-state index contributed by atoms with van der Waals surface area (Å²) in [6, 6.07) is 6.86. The fraction of sp³-hybridized carbons (Fsp3) is 0.526. The summed E-state index contributed by atoms with van der Waals surface area (Å²) in [6.07, 6.45) is 2.16. The van der Waals surface area contributed by atoms with Gasteiger partial charge in [0.1, 0.15) is 0 Å². The second-order valence-electron chi connectivity index (χ2n) is 6.32. The van der Waals surface area contributed by atoms with E-state index in [4.69, 9.17) is 4.74 Å². The van der Waals surface area contributed by atoms with E-state index in [1.807, 2.05) is 6.92 Å². The highest BCUT2D eigenvalue weighted by Gasteiger charge is 2.26. The first-order valence-electron chi connectivity index (χ1n) is 8.79. The fourth-order valence-electron chi connectivity index (χ4n) is 2.98. The van der Waals surface area contributed by atoms with Crippen LogP contribution in [0.5, 0.6) is 0 Å². The molecular formula is C19H26N2O4. The van der Waals surface area contributed by atoms with Gasteiger partial charge in [-0.25, -0.2) is 0 Å². The standard InChI is InChI=1S/C19H26N2O4/c1-3-25-19(24)16-5-4-11-21(13-16)12-10-18(23)20-17-8-6-15(7-9-17)14(2)22/h6-9,16H,3-5,10-13H2,1-2H3,(H,20,23). The number of nitrogens with one attached hydrogen (secondary N) is 1. The van der Waals surface area contributed by atoms with E-state index < -0.39 is 0 Å². The number of carbonyl (C=O) groups excluding carboxylic acids is 3. The van der Waals surface area contributed by atoms with Gasteiger partial charge in [0.05, 0.1) is 12.5 Å². The molecule has 136 valence electrons. The topological polar surface area (TPSA) is 75.7 Å². The van der Waals surface area contributed by atoms with Crippen LogP contribution >= 0.6 is 0 Å². The molecule has 1 atom stereocenters. The summed E-state index contributed by atoms with van der Waals surface area (Å²) in [5.41, 5.74) is 1.30. The van der Waals surface area contributed by atoms with Crippen LogP contribution in [0, 0.1) is 5.92 Å². The Morgan fingerprint density at radius 2 is 1.96 bits per heavy atom. The van der Waals surface area contributed by atoms with Crippen molar-refractivity contribution >= 4 is 23.3 Å². The molecule has 1 unspecified atom stereocenters. The molecule has 0 bridgehead atoms. The van der Waals surface area contributed by atoms with Gasteiger partial charge < -0.3 is 15.0 Å². The summed E-state index contributed by atoms with van der Waals surface area (Å²) in [6.45, 7) is 5.89. The van der Waals surface area contributed by atoms with Gasteiger partial charge in [-0.15, -0.1) is 0 Å². The van der Waals surface area contributed by atoms with E-state index in [1.165, 1.54) is 6.92 Å². The molecule has 1 aliphatic heterocycles. The molecule has 2 rings (SSSR count). The molecule has 1 aliphatic rings. The van der Waals surface area contributed by atoms with Gasteiger partial charge in [0.25, 0.3) is 0 Å². The molecule has 0 aliphatic carbocycles. The molecule has 1 saturated heterocycles. The van der Waals surface area contributed by atoms with Crippen LogP contribution in [0.2, 0.25) is 0 Å². The largest absolute Gasteiger partial charge is 0.466 e. The lowest BCUT2D eigenvalue weighted by Gasteiger charge is -2.31. The molecule has 1 amide bonds. The highest BCUT2D eigenvalue weighted by atomic mass is 16.5. The highest BCUT2D eigenvalue weighted by molar-refractivity contribution is 5.95. The van der Waals surface area contributed by atoms with Crippen LogP contribution in [0.1, 0.15) is 43.5 Å². The first kappa shape index (κ1) is 19.1. The number of ether oxygens (including phenoxy) is 1. The lowest BCUT2D eigenvalue weighted by molar-refractivity contribution is -0.149. The molecule has 1 N–H and O–H groups in total. The molecule has 6 heteroatoms. The maximum atomic E-state index is 12.1. The molecular weight excluding hydrogens is 320 g/mol. The third kappa shape index (κ3) is 5.98. The van der Waals surface area contributed by atoms with Crippen molar-refractivity contribution in [1.82, 2.24) is 4.90 Å². The highest BCUT2D eigenvalue weighted by Crippen LogP contribution is 2.18. The molecule has 0 radical (unpaired) electrons. The van der Waals surface area contributed by atoms with Crippen molar-refractivity contribution in [1.29, 1.82) is 0 Å². The van der Waals surface area contributed by atoms with Gasteiger partial charge in [-0.05, 0) is 57.5 Å². The van der Waals surface area contributed by atoms with Crippen molar-refractivity contribution in [2.75, 3.05) is 31.6 Å². The average Bonchev–Trinajstić information content (AvgIpc) is 2.61. The van der Waals surface area contributed by atoms with Crippen molar-refractivity contribution in [2.45, 2.75) is 33.1 Å². The predicted molar refractivity (Wildman–Crippen MR) is 95.5 cm³/mol. The number of rotatable bonds is 7. The zero-order valence-corrected chi connectivity index (χ0v) is 14.9. The molecule has 1 fully saturated rings. The van der Waals surface area contributed by atoms with Crippen LogP contribution in [0.25, 0.3) is 0 Å². The number of ketones is 1. The van der Waals surface area contributed by atoms with Crippen molar-refractivity contribution in [2.24, 2.45) is 5.92 Å². The number of likely N-dealkylation sites (tertiary alicyclic amines) is 1. The van der Waals surface area contributed by atoms with E-state index in [-0.39, 0.29) is 23.6 Å². The number of benzene rings is 1. The van der Waals surface area contributed by atoms with E-state index in [0.29, 0.717) is 37.4 Å². The minimum absolute atomic E-state index is 0.000807. The second kappa shape index (κ2) is 9.32. The van der Waals surface area contributed by atoms with Gasteiger partial charge in [0.15, 0.2) is 5.78 Å². The first-order chi connectivity index (χ1) is 12.0. The van der Waals surface area contributed by atoms with Crippen molar-refractivity contribution in [3.63, 3.8) is 0 Å². The number of Topliss-reactive ketones (excluding diaryl/α,β-unsaturated/α-hetero) is 1. The molecule has 0 aromatic heterocycles. The van der Waals surface area contributed by atoms with Crippen LogP contribution < -0.4 is 5.32 Å². The van der Waals surface area contributed by atoms with Gasteiger partial charge in [-0.3, -0.25) is 14.4 Å². The zero-order chi connectivity index (χ0) is 18.2. The van der Waals surface area contributed by atoms with Crippen molar-refractivity contribution in [3.05, 3.63) is 29.8 Å². The summed E-state index contributed by atoms with van der Waals surface area (Å²) in [5, 5.41) is 2.83. The van der Waals surface area contributed by atoms with Crippen LogP contribution in [-0.2, 0) is 14.3 Å².